The minimum absolute atomic E-state index is 0.406. The van der Waals surface area contributed by atoms with Crippen LogP contribution in [0.3, 0.4) is 0 Å². The molecule has 0 N–H and O–H groups in total. The van der Waals surface area contributed by atoms with Gasteiger partial charge in [0.2, 0.25) is 0 Å². The highest BCUT2D eigenvalue weighted by molar-refractivity contribution is 6.10. The molecule has 0 unspecified atom stereocenters. The maximum absolute atomic E-state index is 2.47. The molecule has 61 heavy (non-hydrogen) atoms. The van der Waals surface area contributed by atoms with Crippen molar-refractivity contribution in [1.29, 1.82) is 0 Å². The van der Waals surface area contributed by atoms with Crippen LogP contribution in [0, 0.1) is 0 Å². The maximum Gasteiger partial charge on any atom is 0.0726 e. The molecule has 2 heteroatoms. The van der Waals surface area contributed by atoms with Crippen molar-refractivity contribution in [3.8, 4) is 39.1 Å². The normalized spacial score (nSPS) is 13.0. The molecule has 0 radical (unpaired) electrons. The molecule has 0 bridgehead atoms. The lowest BCUT2D eigenvalue weighted by Crippen LogP contribution is -2.26. The van der Waals surface area contributed by atoms with E-state index in [2.05, 4.69) is 240 Å². The number of nitrogens with zero attached hydrogens (tertiary/aromatic N) is 2. The van der Waals surface area contributed by atoms with E-state index in [0.29, 0.717) is 0 Å². The van der Waals surface area contributed by atoms with Crippen LogP contribution in [0.2, 0.25) is 0 Å². The summed E-state index contributed by atoms with van der Waals surface area (Å²) in [6.45, 7) is 0. The SMILES string of the molecule is c1ccc(N(c2ccc3c(c2)C2(c4ccccc4-c4ccccc42)c2ccccc2-3)c2ccc3cc(-c4ccc5c(c4)c4ccccc4n5-c4ccccc4)ccc3c2)cc1. The molecule has 1 heterocycles. The Morgan fingerprint density at radius 2 is 0.820 bits per heavy atom. The van der Waals surface area contributed by atoms with Gasteiger partial charge in [-0.2, -0.15) is 0 Å². The van der Waals surface area contributed by atoms with Crippen LogP contribution in [0.25, 0.3) is 71.6 Å². The Hall–Kier alpha value is -7.94. The molecule has 1 aromatic heterocycles. The van der Waals surface area contributed by atoms with Gasteiger partial charge in [-0.05, 0) is 139 Å². The fourth-order valence-electron chi connectivity index (χ4n) is 10.8. The number of para-hydroxylation sites is 3. The van der Waals surface area contributed by atoms with Crippen molar-refractivity contribution in [3.05, 3.63) is 253 Å². The van der Waals surface area contributed by atoms with Crippen molar-refractivity contribution >= 4 is 49.6 Å². The summed E-state index contributed by atoms with van der Waals surface area (Å²) in [5.74, 6) is 0. The first-order valence-corrected chi connectivity index (χ1v) is 21.2. The number of anilines is 3. The van der Waals surface area contributed by atoms with Crippen LogP contribution in [0.5, 0.6) is 0 Å². The van der Waals surface area contributed by atoms with E-state index in [9.17, 15) is 0 Å². The van der Waals surface area contributed by atoms with Crippen molar-refractivity contribution in [3.63, 3.8) is 0 Å². The summed E-state index contributed by atoms with van der Waals surface area (Å²) >= 11 is 0. The molecule has 11 aromatic rings. The van der Waals surface area contributed by atoms with Crippen molar-refractivity contribution in [2.45, 2.75) is 5.41 Å². The predicted molar refractivity (Wildman–Crippen MR) is 255 cm³/mol. The van der Waals surface area contributed by atoms with E-state index in [1.54, 1.807) is 0 Å². The van der Waals surface area contributed by atoms with Gasteiger partial charge in [-0.1, -0.05) is 158 Å². The molecule has 2 aliphatic carbocycles. The summed E-state index contributed by atoms with van der Waals surface area (Å²) < 4.78 is 2.38. The molecule has 0 amide bonds. The van der Waals surface area contributed by atoms with E-state index in [1.807, 2.05) is 0 Å². The molecule has 13 rings (SSSR count). The lowest BCUT2D eigenvalue weighted by molar-refractivity contribution is 0.793. The highest BCUT2D eigenvalue weighted by atomic mass is 15.1. The third kappa shape index (κ3) is 4.85. The van der Waals surface area contributed by atoms with Crippen LogP contribution in [0.4, 0.5) is 17.1 Å². The first kappa shape index (κ1) is 34.0. The first-order chi connectivity index (χ1) is 30.3. The smallest absolute Gasteiger partial charge is 0.0726 e. The number of fused-ring (bicyclic) bond motifs is 14. The van der Waals surface area contributed by atoms with Crippen LogP contribution in [0.15, 0.2) is 231 Å². The van der Waals surface area contributed by atoms with Crippen LogP contribution in [-0.2, 0) is 5.41 Å². The summed E-state index contributed by atoms with van der Waals surface area (Å²) in [4.78, 5) is 2.42. The summed E-state index contributed by atoms with van der Waals surface area (Å²) in [7, 11) is 0. The second-order valence-corrected chi connectivity index (χ2v) is 16.5. The van der Waals surface area contributed by atoms with Gasteiger partial charge in [0, 0.05) is 33.5 Å². The Bertz CT molecular complexity index is 3480. The summed E-state index contributed by atoms with van der Waals surface area (Å²) in [6, 6.07) is 85.2. The minimum atomic E-state index is -0.406. The summed E-state index contributed by atoms with van der Waals surface area (Å²) in [5, 5.41) is 4.93. The van der Waals surface area contributed by atoms with Gasteiger partial charge in [-0.25, -0.2) is 0 Å². The number of benzene rings is 10. The van der Waals surface area contributed by atoms with Crippen molar-refractivity contribution in [2.24, 2.45) is 0 Å². The van der Waals surface area contributed by atoms with E-state index in [-0.39, 0.29) is 0 Å². The molecule has 2 nitrogen and oxygen atoms in total. The monoisotopic (exact) mass is 774 g/mol. The molecule has 0 atom stereocenters. The summed E-state index contributed by atoms with van der Waals surface area (Å²) in [5.41, 5.74) is 19.6. The van der Waals surface area contributed by atoms with Gasteiger partial charge in [-0.3, -0.25) is 0 Å². The fourth-order valence-corrected chi connectivity index (χ4v) is 10.8. The Kier molecular flexibility index (Phi) is 7.26. The predicted octanol–water partition coefficient (Wildman–Crippen LogP) is 15.4. The zero-order valence-electron chi connectivity index (χ0n) is 33.3. The Balaban J connectivity index is 0.943. The van der Waals surface area contributed by atoms with Gasteiger partial charge in [0.15, 0.2) is 0 Å². The molecule has 0 saturated carbocycles. The lowest BCUT2D eigenvalue weighted by Gasteiger charge is -2.32. The second-order valence-electron chi connectivity index (χ2n) is 16.5. The van der Waals surface area contributed by atoms with Crippen LogP contribution < -0.4 is 4.90 Å². The highest BCUT2D eigenvalue weighted by Gasteiger charge is 2.51. The quantitative estimate of drug-likeness (QED) is 0.169. The molecule has 10 aromatic carbocycles. The van der Waals surface area contributed by atoms with Gasteiger partial charge in [-0.15, -0.1) is 0 Å². The topological polar surface area (TPSA) is 8.17 Å². The Morgan fingerprint density at radius 1 is 0.311 bits per heavy atom. The van der Waals surface area contributed by atoms with E-state index >= 15 is 0 Å². The second kappa shape index (κ2) is 13.0. The molecular weight excluding hydrogens is 737 g/mol. The molecule has 2 aliphatic rings. The first-order valence-electron chi connectivity index (χ1n) is 21.2. The average molecular weight is 775 g/mol. The van der Waals surface area contributed by atoms with Crippen molar-refractivity contribution in [1.82, 2.24) is 4.57 Å². The van der Waals surface area contributed by atoms with Gasteiger partial charge in [0.05, 0.1) is 16.4 Å². The Labute approximate surface area is 354 Å². The van der Waals surface area contributed by atoms with Crippen molar-refractivity contribution < 1.29 is 0 Å². The van der Waals surface area contributed by atoms with Crippen LogP contribution in [0.1, 0.15) is 22.3 Å². The molecule has 284 valence electrons. The van der Waals surface area contributed by atoms with E-state index in [0.717, 1.165) is 17.1 Å². The number of rotatable bonds is 5. The Morgan fingerprint density at radius 3 is 1.54 bits per heavy atom. The van der Waals surface area contributed by atoms with Gasteiger partial charge >= 0.3 is 0 Å². The molecule has 0 fully saturated rings. The largest absolute Gasteiger partial charge is 0.310 e. The minimum Gasteiger partial charge on any atom is -0.310 e. The number of aromatic nitrogens is 1. The maximum atomic E-state index is 2.47. The number of hydrogen-bond acceptors (Lipinski definition) is 1. The third-order valence-corrected chi connectivity index (χ3v) is 13.4. The van der Waals surface area contributed by atoms with E-state index in [1.165, 1.54) is 93.9 Å². The average Bonchev–Trinajstić information content (AvgIpc) is 3.93. The van der Waals surface area contributed by atoms with E-state index in [4.69, 9.17) is 0 Å². The van der Waals surface area contributed by atoms with Gasteiger partial charge in [0.1, 0.15) is 0 Å². The molecule has 1 spiro atoms. The van der Waals surface area contributed by atoms with Crippen LogP contribution >= 0.6 is 0 Å². The highest BCUT2D eigenvalue weighted by Crippen LogP contribution is 2.63. The zero-order chi connectivity index (χ0) is 40.1. The molecule has 0 saturated heterocycles. The lowest BCUT2D eigenvalue weighted by atomic mass is 9.70. The standard InChI is InChI=1S/C59H38N2/c1-3-15-43(16-4-1)60(46-32-33-50-49-21-9-13-25-55(49)59(56(50)38-46)53-23-11-7-19-47(53)48-20-8-12-24-54(48)59)45-31-29-40-35-39(27-28-41(40)36-45)42-30-34-58-52(37-42)51-22-10-14-26-57(51)61(58)44-17-5-2-6-18-44/h1-38H. The molecule has 0 aliphatic heterocycles. The van der Waals surface area contributed by atoms with Gasteiger partial charge < -0.3 is 9.47 Å². The van der Waals surface area contributed by atoms with Crippen LogP contribution in [-0.4, -0.2) is 4.57 Å². The third-order valence-electron chi connectivity index (χ3n) is 13.4. The van der Waals surface area contributed by atoms with Gasteiger partial charge in [0.25, 0.3) is 0 Å². The fraction of sp³-hybridized carbons (Fsp3) is 0.0169. The molecular formula is C59H38N2. The zero-order valence-corrected chi connectivity index (χ0v) is 33.3. The van der Waals surface area contributed by atoms with Crippen molar-refractivity contribution in [2.75, 3.05) is 4.90 Å². The summed E-state index contributed by atoms with van der Waals surface area (Å²) in [6.07, 6.45) is 0. The van der Waals surface area contributed by atoms with E-state index < -0.39 is 5.41 Å². The number of hydrogen-bond donors (Lipinski definition) is 0.